The summed E-state index contributed by atoms with van der Waals surface area (Å²) in [5.74, 6) is 0.756. The molecule has 6 heteroatoms. The van der Waals surface area contributed by atoms with Crippen molar-refractivity contribution >= 4 is 12.2 Å². The normalized spacial score (nSPS) is 10.7. The Bertz CT molecular complexity index is 722. The highest BCUT2D eigenvalue weighted by atomic mass is 32.1. The van der Waals surface area contributed by atoms with Crippen LogP contribution in [0.25, 0.3) is 17.2 Å². The van der Waals surface area contributed by atoms with Crippen molar-refractivity contribution in [2.75, 3.05) is 0 Å². The van der Waals surface area contributed by atoms with Crippen LogP contribution in [0.4, 0.5) is 0 Å². The van der Waals surface area contributed by atoms with Gasteiger partial charge in [0.1, 0.15) is 5.69 Å². The molecule has 3 aromatic rings. The van der Waals surface area contributed by atoms with Crippen molar-refractivity contribution in [1.82, 2.24) is 24.5 Å². The van der Waals surface area contributed by atoms with Gasteiger partial charge in [0.15, 0.2) is 10.6 Å². The van der Waals surface area contributed by atoms with Crippen LogP contribution in [-0.4, -0.2) is 24.5 Å². The minimum atomic E-state index is 0.567. The van der Waals surface area contributed by atoms with Gasteiger partial charge in [-0.25, -0.2) is 0 Å². The molecule has 1 N–H and O–H groups in total. The molecule has 0 atom stereocenters. The third kappa shape index (κ3) is 1.67. The van der Waals surface area contributed by atoms with E-state index >= 15 is 0 Å². The molecule has 0 amide bonds. The molecule has 0 spiro atoms. The van der Waals surface area contributed by atoms with E-state index in [1.165, 1.54) is 0 Å². The topological polar surface area (TPSA) is 51.4 Å². The van der Waals surface area contributed by atoms with Gasteiger partial charge in [0.05, 0.1) is 5.69 Å². The van der Waals surface area contributed by atoms with Gasteiger partial charge in [-0.3, -0.25) is 14.3 Å². The Kier molecular flexibility index (Phi) is 2.56. The number of aromatic nitrogens is 5. The predicted octanol–water partition coefficient (Wildman–Crippen LogP) is 2.33. The van der Waals surface area contributed by atoms with E-state index in [1.807, 2.05) is 48.0 Å². The van der Waals surface area contributed by atoms with Crippen LogP contribution in [0.3, 0.4) is 0 Å². The number of H-pyrrole nitrogens is 1. The summed E-state index contributed by atoms with van der Waals surface area (Å²) in [4.78, 5) is 0. The van der Waals surface area contributed by atoms with E-state index in [0.717, 1.165) is 17.2 Å². The van der Waals surface area contributed by atoms with Crippen LogP contribution in [0.1, 0.15) is 0 Å². The van der Waals surface area contributed by atoms with Gasteiger partial charge in [-0.05, 0) is 30.4 Å². The number of aromatic amines is 1. The van der Waals surface area contributed by atoms with Crippen LogP contribution >= 0.6 is 12.2 Å². The highest BCUT2D eigenvalue weighted by Gasteiger charge is 2.13. The van der Waals surface area contributed by atoms with E-state index in [9.17, 15) is 0 Å². The molecule has 0 aliphatic rings. The standard InChI is InChI=1S/C12H11N5S/c1-16-10(7-8-13-16)11-14-15-12(18)17(11)9-5-3-2-4-6-9/h2-8H,1H3,(H,15,18). The first-order chi connectivity index (χ1) is 8.77. The lowest BCUT2D eigenvalue weighted by Gasteiger charge is -2.06. The van der Waals surface area contributed by atoms with Crippen molar-refractivity contribution in [1.29, 1.82) is 0 Å². The number of para-hydroxylation sites is 1. The quantitative estimate of drug-likeness (QED) is 0.717. The zero-order chi connectivity index (χ0) is 12.5. The van der Waals surface area contributed by atoms with Crippen LogP contribution in [0.15, 0.2) is 42.6 Å². The number of nitrogens with one attached hydrogen (secondary N) is 1. The first-order valence-electron chi connectivity index (χ1n) is 5.48. The van der Waals surface area contributed by atoms with E-state index in [4.69, 9.17) is 12.2 Å². The molecule has 90 valence electrons. The predicted molar refractivity (Wildman–Crippen MR) is 71.0 cm³/mol. The van der Waals surface area contributed by atoms with Gasteiger partial charge in [-0.2, -0.15) is 10.2 Å². The van der Waals surface area contributed by atoms with Gasteiger partial charge in [0, 0.05) is 13.2 Å². The average molecular weight is 257 g/mol. The van der Waals surface area contributed by atoms with E-state index in [2.05, 4.69) is 15.3 Å². The highest BCUT2D eigenvalue weighted by Crippen LogP contribution is 2.20. The summed E-state index contributed by atoms with van der Waals surface area (Å²) in [5.41, 5.74) is 1.89. The molecule has 0 bridgehead atoms. The zero-order valence-electron chi connectivity index (χ0n) is 9.74. The van der Waals surface area contributed by atoms with Gasteiger partial charge >= 0.3 is 0 Å². The van der Waals surface area contributed by atoms with Crippen molar-refractivity contribution in [3.05, 3.63) is 47.4 Å². The number of benzene rings is 1. The number of hydrogen-bond donors (Lipinski definition) is 1. The van der Waals surface area contributed by atoms with Crippen molar-refractivity contribution in [3.63, 3.8) is 0 Å². The number of aryl methyl sites for hydroxylation is 1. The van der Waals surface area contributed by atoms with E-state index in [-0.39, 0.29) is 0 Å². The molecule has 2 aromatic heterocycles. The lowest BCUT2D eigenvalue weighted by atomic mass is 10.3. The summed E-state index contributed by atoms with van der Waals surface area (Å²) in [6.45, 7) is 0. The fraction of sp³-hybridized carbons (Fsp3) is 0.0833. The molecule has 2 heterocycles. The third-order valence-electron chi connectivity index (χ3n) is 2.74. The SMILES string of the molecule is Cn1nccc1-c1n[nH]c(=S)n1-c1ccccc1. The number of nitrogens with zero attached hydrogens (tertiary/aromatic N) is 4. The molecule has 5 nitrogen and oxygen atoms in total. The summed E-state index contributed by atoms with van der Waals surface area (Å²) in [7, 11) is 1.88. The molecule has 0 aliphatic heterocycles. The number of hydrogen-bond acceptors (Lipinski definition) is 3. The average Bonchev–Trinajstić information content (AvgIpc) is 2.96. The summed E-state index contributed by atoms with van der Waals surface area (Å²) in [6, 6.07) is 11.8. The van der Waals surface area contributed by atoms with Crippen LogP contribution in [0.2, 0.25) is 0 Å². The molecule has 0 aliphatic carbocycles. The van der Waals surface area contributed by atoms with Crippen molar-refractivity contribution in [3.8, 4) is 17.2 Å². The Balaban J connectivity index is 2.26. The maximum Gasteiger partial charge on any atom is 0.200 e. The van der Waals surface area contributed by atoms with Gasteiger partial charge in [0.2, 0.25) is 0 Å². The molecule has 0 fully saturated rings. The van der Waals surface area contributed by atoms with Gasteiger partial charge < -0.3 is 0 Å². The zero-order valence-corrected chi connectivity index (χ0v) is 10.6. The molecule has 0 saturated heterocycles. The van der Waals surface area contributed by atoms with Gasteiger partial charge in [-0.1, -0.05) is 18.2 Å². The second kappa shape index (κ2) is 4.23. The molecule has 0 radical (unpaired) electrons. The molecule has 1 aromatic carbocycles. The van der Waals surface area contributed by atoms with Crippen LogP contribution in [0.5, 0.6) is 0 Å². The van der Waals surface area contributed by atoms with Crippen molar-refractivity contribution in [2.24, 2.45) is 7.05 Å². The Morgan fingerprint density at radius 1 is 1.17 bits per heavy atom. The largest absolute Gasteiger partial charge is 0.267 e. The maximum atomic E-state index is 5.29. The minimum Gasteiger partial charge on any atom is -0.267 e. The van der Waals surface area contributed by atoms with Crippen LogP contribution in [0, 0.1) is 4.77 Å². The molecular formula is C12H11N5S. The Morgan fingerprint density at radius 3 is 2.61 bits per heavy atom. The second-order valence-electron chi connectivity index (χ2n) is 3.86. The third-order valence-corrected chi connectivity index (χ3v) is 3.01. The summed E-state index contributed by atoms with van der Waals surface area (Å²) in [5, 5.41) is 11.3. The van der Waals surface area contributed by atoms with E-state index < -0.39 is 0 Å². The summed E-state index contributed by atoms with van der Waals surface area (Å²) < 4.78 is 4.23. The second-order valence-corrected chi connectivity index (χ2v) is 4.25. The monoisotopic (exact) mass is 257 g/mol. The van der Waals surface area contributed by atoms with Gasteiger partial charge in [0.25, 0.3) is 0 Å². The Labute approximate surface area is 109 Å². The molecule has 0 unspecified atom stereocenters. The summed E-state index contributed by atoms with van der Waals surface area (Å²) >= 11 is 5.29. The van der Waals surface area contributed by atoms with Gasteiger partial charge in [-0.15, -0.1) is 0 Å². The van der Waals surface area contributed by atoms with E-state index in [0.29, 0.717) is 4.77 Å². The van der Waals surface area contributed by atoms with Crippen molar-refractivity contribution < 1.29 is 0 Å². The first kappa shape index (κ1) is 10.9. The van der Waals surface area contributed by atoms with Crippen molar-refractivity contribution in [2.45, 2.75) is 0 Å². The van der Waals surface area contributed by atoms with Crippen LogP contribution in [-0.2, 0) is 7.05 Å². The first-order valence-corrected chi connectivity index (χ1v) is 5.89. The highest BCUT2D eigenvalue weighted by molar-refractivity contribution is 7.71. The minimum absolute atomic E-state index is 0.567. The lowest BCUT2D eigenvalue weighted by molar-refractivity contribution is 0.767. The van der Waals surface area contributed by atoms with Crippen LogP contribution < -0.4 is 0 Å². The smallest absolute Gasteiger partial charge is 0.200 e. The molecule has 3 rings (SSSR count). The Hall–Kier alpha value is -2.21. The number of rotatable bonds is 2. The maximum absolute atomic E-state index is 5.29. The molecule has 0 saturated carbocycles. The lowest BCUT2D eigenvalue weighted by Crippen LogP contribution is -2.01. The fourth-order valence-corrected chi connectivity index (χ4v) is 2.12. The molecular weight excluding hydrogens is 246 g/mol. The summed E-state index contributed by atoms with van der Waals surface area (Å²) in [6.07, 6.45) is 1.74. The van der Waals surface area contributed by atoms with E-state index in [1.54, 1.807) is 10.9 Å². The Morgan fingerprint density at radius 2 is 1.94 bits per heavy atom. The molecule has 18 heavy (non-hydrogen) atoms. The fourth-order valence-electron chi connectivity index (χ4n) is 1.88.